The van der Waals surface area contributed by atoms with Crippen LogP contribution in [0.2, 0.25) is 0 Å². The summed E-state index contributed by atoms with van der Waals surface area (Å²) < 4.78 is 10.5. The fourth-order valence-corrected chi connectivity index (χ4v) is 2.03. The molecule has 2 rings (SSSR count). The van der Waals surface area contributed by atoms with Crippen molar-refractivity contribution in [2.24, 2.45) is 0 Å². The van der Waals surface area contributed by atoms with E-state index in [1.54, 1.807) is 20.3 Å². The normalized spacial score (nSPS) is 10.2. The Morgan fingerprint density at radius 1 is 1.15 bits per heavy atom. The molecule has 0 amide bonds. The standard InChI is InChI=1S/C13H16N4O2S/c1-18-8-4-5-10(19-2)9(6-8)15-12-7-11(14)16-13(17-12)20-3/h4-7H,1-3H3,(H3,14,15,16,17). The molecule has 0 aliphatic carbocycles. The van der Waals surface area contributed by atoms with E-state index in [0.717, 1.165) is 11.4 Å². The van der Waals surface area contributed by atoms with Gasteiger partial charge in [-0.15, -0.1) is 0 Å². The van der Waals surface area contributed by atoms with Gasteiger partial charge in [0.25, 0.3) is 0 Å². The van der Waals surface area contributed by atoms with Crippen LogP contribution in [-0.2, 0) is 0 Å². The summed E-state index contributed by atoms with van der Waals surface area (Å²) in [5.74, 6) is 2.43. The summed E-state index contributed by atoms with van der Waals surface area (Å²) >= 11 is 1.43. The Kier molecular flexibility index (Phi) is 4.52. The van der Waals surface area contributed by atoms with Crippen molar-refractivity contribution >= 4 is 29.1 Å². The highest BCUT2D eigenvalue weighted by atomic mass is 32.2. The topological polar surface area (TPSA) is 82.3 Å². The molecule has 2 aromatic rings. The molecule has 0 spiro atoms. The maximum Gasteiger partial charge on any atom is 0.191 e. The molecular formula is C13H16N4O2S. The fraction of sp³-hybridized carbons (Fsp3) is 0.231. The predicted molar refractivity (Wildman–Crippen MR) is 81.1 cm³/mol. The highest BCUT2D eigenvalue weighted by molar-refractivity contribution is 7.98. The van der Waals surface area contributed by atoms with E-state index in [1.165, 1.54) is 11.8 Å². The lowest BCUT2D eigenvalue weighted by Crippen LogP contribution is -2.01. The molecule has 1 aromatic heterocycles. The summed E-state index contributed by atoms with van der Waals surface area (Å²) in [5.41, 5.74) is 6.50. The van der Waals surface area contributed by atoms with E-state index >= 15 is 0 Å². The summed E-state index contributed by atoms with van der Waals surface area (Å²) in [5, 5.41) is 3.77. The maximum atomic E-state index is 5.75. The SMILES string of the molecule is COc1ccc(OC)c(Nc2cc(N)nc(SC)n2)c1. The van der Waals surface area contributed by atoms with E-state index in [9.17, 15) is 0 Å². The van der Waals surface area contributed by atoms with Crippen LogP contribution < -0.4 is 20.5 Å². The Balaban J connectivity index is 2.35. The van der Waals surface area contributed by atoms with Gasteiger partial charge >= 0.3 is 0 Å². The summed E-state index contributed by atoms with van der Waals surface area (Å²) in [7, 11) is 3.22. The molecule has 0 bridgehead atoms. The molecule has 0 unspecified atom stereocenters. The van der Waals surface area contributed by atoms with Gasteiger partial charge in [0.15, 0.2) is 5.16 Å². The Morgan fingerprint density at radius 2 is 1.95 bits per heavy atom. The van der Waals surface area contributed by atoms with Gasteiger partial charge in [-0.1, -0.05) is 11.8 Å². The fourth-order valence-electron chi connectivity index (χ4n) is 1.65. The van der Waals surface area contributed by atoms with Gasteiger partial charge in [-0.2, -0.15) is 0 Å². The van der Waals surface area contributed by atoms with Gasteiger partial charge in [0, 0.05) is 12.1 Å². The molecule has 0 radical (unpaired) electrons. The number of methoxy groups -OCH3 is 2. The first-order chi connectivity index (χ1) is 9.66. The van der Waals surface area contributed by atoms with Crippen molar-refractivity contribution in [3.8, 4) is 11.5 Å². The van der Waals surface area contributed by atoms with Gasteiger partial charge in [0.05, 0.1) is 19.9 Å². The monoisotopic (exact) mass is 292 g/mol. The summed E-state index contributed by atoms with van der Waals surface area (Å²) in [4.78, 5) is 8.45. The first-order valence-electron chi connectivity index (χ1n) is 5.84. The number of thioether (sulfide) groups is 1. The molecular weight excluding hydrogens is 276 g/mol. The second-order valence-electron chi connectivity index (χ2n) is 3.86. The van der Waals surface area contributed by atoms with Crippen LogP contribution in [0.4, 0.5) is 17.3 Å². The number of benzene rings is 1. The molecule has 0 fully saturated rings. The quantitative estimate of drug-likeness (QED) is 0.647. The first kappa shape index (κ1) is 14.3. The number of anilines is 3. The number of aromatic nitrogens is 2. The largest absolute Gasteiger partial charge is 0.497 e. The second-order valence-corrected chi connectivity index (χ2v) is 4.63. The van der Waals surface area contributed by atoms with Gasteiger partial charge in [0.2, 0.25) is 0 Å². The van der Waals surface area contributed by atoms with Gasteiger partial charge in [-0.25, -0.2) is 9.97 Å². The van der Waals surface area contributed by atoms with E-state index in [0.29, 0.717) is 22.5 Å². The van der Waals surface area contributed by atoms with Gasteiger partial charge in [0.1, 0.15) is 23.1 Å². The van der Waals surface area contributed by atoms with E-state index < -0.39 is 0 Å². The third-order valence-corrected chi connectivity index (χ3v) is 3.13. The van der Waals surface area contributed by atoms with Crippen molar-refractivity contribution in [2.75, 3.05) is 31.5 Å². The minimum Gasteiger partial charge on any atom is -0.497 e. The average Bonchev–Trinajstić information content (AvgIpc) is 2.46. The zero-order valence-corrected chi connectivity index (χ0v) is 12.3. The van der Waals surface area contributed by atoms with E-state index in [4.69, 9.17) is 15.2 Å². The highest BCUT2D eigenvalue weighted by Crippen LogP contribution is 2.31. The highest BCUT2D eigenvalue weighted by Gasteiger charge is 2.08. The summed E-state index contributed by atoms with van der Waals surface area (Å²) in [6, 6.07) is 7.14. The number of nitrogens with one attached hydrogen (secondary N) is 1. The zero-order chi connectivity index (χ0) is 14.5. The van der Waals surface area contributed by atoms with Gasteiger partial charge in [-0.3, -0.25) is 0 Å². The van der Waals surface area contributed by atoms with Crippen LogP contribution in [0.15, 0.2) is 29.4 Å². The molecule has 0 aliphatic rings. The number of hydrogen-bond donors (Lipinski definition) is 2. The minimum absolute atomic E-state index is 0.411. The maximum absolute atomic E-state index is 5.75. The Morgan fingerprint density at radius 3 is 2.60 bits per heavy atom. The Labute approximate surface area is 121 Å². The molecule has 0 saturated carbocycles. The zero-order valence-electron chi connectivity index (χ0n) is 11.5. The van der Waals surface area contributed by atoms with Crippen molar-refractivity contribution in [1.82, 2.24) is 9.97 Å². The minimum atomic E-state index is 0.411. The third-order valence-electron chi connectivity index (χ3n) is 2.58. The van der Waals surface area contributed by atoms with E-state index in [-0.39, 0.29) is 0 Å². The lowest BCUT2D eigenvalue weighted by molar-refractivity contribution is 0.405. The molecule has 0 aliphatic heterocycles. The van der Waals surface area contributed by atoms with Crippen LogP contribution >= 0.6 is 11.8 Å². The molecule has 3 N–H and O–H groups in total. The van der Waals surface area contributed by atoms with Gasteiger partial charge in [-0.05, 0) is 18.4 Å². The Bertz CT molecular complexity index is 607. The smallest absolute Gasteiger partial charge is 0.191 e. The van der Waals surface area contributed by atoms with Crippen LogP contribution in [0.1, 0.15) is 0 Å². The number of ether oxygens (including phenoxy) is 2. The number of nitrogen functional groups attached to an aromatic ring is 1. The van der Waals surface area contributed by atoms with Crippen LogP contribution in [-0.4, -0.2) is 30.4 Å². The number of rotatable bonds is 5. The second kappa shape index (κ2) is 6.33. The molecule has 7 heteroatoms. The first-order valence-corrected chi connectivity index (χ1v) is 7.06. The lowest BCUT2D eigenvalue weighted by atomic mass is 10.2. The molecule has 106 valence electrons. The van der Waals surface area contributed by atoms with E-state index in [1.807, 2.05) is 24.5 Å². The summed E-state index contributed by atoms with van der Waals surface area (Å²) in [6.45, 7) is 0. The molecule has 1 aromatic carbocycles. The molecule has 0 atom stereocenters. The van der Waals surface area contributed by atoms with Crippen LogP contribution in [0, 0.1) is 0 Å². The molecule has 6 nitrogen and oxygen atoms in total. The van der Waals surface area contributed by atoms with Crippen molar-refractivity contribution in [3.05, 3.63) is 24.3 Å². The summed E-state index contributed by atoms with van der Waals surface area (Å²) in [6.07, 6.45) is 1.89. The predicted octanol–water partition coefficient (Wildman–Crippen LogP) is 2.54. The lowest BCUT2D eigenvalue weighted by Gasteiger charge is -2.12. The number of hydrogen-bond acceptors (Lipinski definition) is 7. The molecule has 0 saturated heterocycles. The van der Waals surface area contributed by atoms with Crippen molar-refractivity contribution in [3.63, 3.8) is 0 Å². The average molecular weight is 292 g/mol. The van der Waals surface area contributed by atoms with Crippen molar-refractivity contribution in [2.45, 2.75) is 5.16 Å². The van der Waals surface area contributed by atoms with Crippen molar-refractivity contribution in [1.29, 1.82) is 0 Å². The number of nitrogens with two attached hydrogens (primary N) is 1. The molecule has 20 heavy (non-hydrogen) atoms. The third kappa shape index (κ3) is 3.24. The Hall–Kier alpha value is -2.15. The van der Waals surface area contributed by atoms with E-state index in [2.05, 4.69) is 15.3 Å². The molecule has 1 heterocycles. The van der Waals surface area contributed by atoms with Gasteiger partial charge < -0.3 is 20.5 Å². The van der Waals surface area contributed by atoms with Crippen LogP contribution in [0.5, 0.6) is 11.5 Å². The van der Waals surface area contributed by atoms with Crippen LogP contribution in [0.25, 0.3) is 0 Å². The van der Waals surface area contributed by atoms with Crippen LogP contribution in [0.3, 0.4) is 0 Å². The number of nitrogens with zero attached hydrogens (tertiary/aromatic N) is 2. The van der Waals surface area contributed by atoms with Crippen molar-refractivity contribution < 1.29 is 9.47 Å².